The van der Waals surface area contributed by atoms with Crippen LogP contribution in [0.4, 0.5) is 0 Å². The Bertz CT molecular complexity index is 1080. The summed E-state index contributed by atoms with van der Waals surface area (Å²) in [5.74, 6) is 0.420. The molecule has 4 rings (SSSR count). The number of nitrogens with one attached hydrogen (secondary N) is 1. The van der Waals surface area contributed by atoms with Crippen molar-refractivity contribution in [1.29, 1.82) is 0 Å². The summed E-state index contributed by atoms with van der Waals surface area (Å²) in [6.45, 7) is 0.121. The summed E-state index contributed by atoms with van der Waals surface area (Å²) in [6, 6.07) is 14.0. The molecule has 2 aromatic heterocycles. The molecule has 0 spiro atoms. The molecule has 0 unspecified atom stereocenters. The van der Waals surface area contributed by atoms with E-state index in [-0.39, 0.29) is 17.2 Å². The highest BCUT2D eigenvalue weighted by atomic mass is 35.5. The zero-order valence-corrected chi connectivity index (χ0v) is 15.9. The first-order valence-electron chi connectivity index (χ1n) is 8.28. The van der Waals surface area contributed by atoms with Crippen LogP contribution in [-0.4, -0.2) is 21.8 Å². The lowest BCUT2D eigenvalue weighted by molar-refractivity contribution is -0.129. The van der Waals surface area contributed by atoms with Gasteiger partial charge in [0.2, 0.25) is 0 Å². The van der Waals surface area contributed by atoms with Gasteiger partial charge < -0.3 is 8.83 Å². The molecule has 140 valence electrons. The third-order valence-corrected chi connectivity index (χ3v) is 4.70. The van der Waals surface area contributed by atoms with Crippen molar-refractivity contribution in [2.45, 2.75) is 6.54 Å². The summed E-state index contributed by atoms with van der Waals surface area (Å²) < 4.78 is 11.0. The maximum absolute atomic E-state index is 12.8. The molecule has 1 aliphatic heterocycles. The SMILES string of the molecule is O=C1NC(=S)N(Cc2ccco2)C(=O)/C1=C\c1ccc(-c2ccc(Cl)cc2)o1. The molecular weight excluding hydrogens is 400 g/mol. The Morgan fingerprint density at radius 2 is 1.89 bits per heavy atom. The van der Waals surface area contributed by atoms with Crippen LogP contribution >= 0.6 is 23.8 Å². The number of hydrogen-bond donors (Lipinski definition) is 1. The van der Waals surface area contributed by atoms with E-state index in [2.05, 4.69) is 5.32 Å². The molecule has 28 heavy (non-hydrogen) atoms. The van der Waals surface area contributed by atoms with Crippen molar-refractivity contribution < 1.29 is 18.4 Å². The maximum atomic E-state index is 12.8. The van der Waals surface area contributed by atoms with Gasteiger partial charge in [-0.2, -0.15) is 0 Å². The van der Waals surface area contributed by atoms with Gasteiger partial charge in [0, 0.05) is 10.6 Å². The number of rotatable bonds is 4. The molecule has 0 atom stereocenters. The minimum Gasteiger partial charge on any atom is -0.467 e. The van der Waals surface area contributed by atoms with Crippen molar-refractivity contribution in [1.82, 2.24) is 10.2 Å². The van der Waals surface area contributed by atoms with Crippen molar-refractivity contribution in [2.24, 2.45) is 0 Å². The molecule has 1 aromatic carbocycles. The van der Waals surface area contributed by atoms with Crippen molar-refractivity contribution in [3.05, 3.63) is 76.9 Å². The fraction of sp³-hybridized carbons (Fsp3) is 0.0500. The molecule has 0 saturated carbocycles. The second kappa shape index (κ2) is 7.46. The highest BCUT2D eigenvalue weighted by Gasteiger charge is 2.34. The summed E-state index contributed by atoms with van der Waals surface area (Å²) in [5, 5.41) is 3.17. The van der Waals surface area contributed by atoms with E-state index in [0.717, 1.165) is 5.56 Å². The zero-order chi connectivity index (χ0) is 19.7. The molecule has 3 aromatic rings. The standard InChI is InChI=1S/C20H13ClN2O4S/c21-13-5-3-12(4-6-13)17-8-7-14(27-17)10-16-18(24)22-20(28)23(19(16)25)11-15-2-1-9-26-15/h1-10H,11H2,(H,22,24,28)/b16-10-. The Kier molecular flexibility index (Phi) is 4.85. The lowest BCUT2D eigenvalue weighted by atomic mass is 10.1. The van der Waals surface area contributed by atoms with Crippen LogP contribution in [0.3, 0.4) is 0 Å². The second-order valence-corrected chi connectivity index (χ2v) is 6.82. The molecule has 0 aliphatic carbocycles. The van der Waals surface area contributed by atoms with E-state index in [1.54, 1.807) is 36.4 Å². The number of furan rings is 2. The van der Waals surface area contributed by atoms with Gasteiger partial charge in [0.1, 0.15) is 22.9 Å². The molecule has 1 fully saturated rings. The minimum atomic E-state index is -0.574. The van der Waals surface area contributed by atoms with Gasteiger partial charge in [0.15, 0.2) is 5.11 Å². The van der Waals surface area contributed by atoms with Crippen molar-refractivity contribution in [2.75, 3.05) is 0 Å². The molecule has 0 radical (unpaired) electrons. The number of halogens is 1. The van der Waals surface area contributed by atoms with E-state index in [4.69, 9.17) is 32.7 Å². The Balaban J connectivity index is 1.61. The number of nitrogens with zero attached hydrogens (tertiary/aromatic N) is 1. The normalized spacial score (nSPS) is 16.0. The van der Waals surface area contributed by atoms with Crippen LogP contribution in [0.5, 0.6) is 0 Å². The van der Waals surface area contributed by atoms with Gasteiger partial charge in [-0.05, 0) is 66.8 Å². The van der Waals surface area contributed by atoms with Crippen LogP contribution < -0.4 is 5.32 Å². The van der Waals surface area contributed by atoms with E-state index in [0.29, 0.717) is 22.3 Å². The van der Waals surface area contributed by atoms with E-state index in [1.165, 1.54) is 17.2 Å². The number of carbonyl (C=O) groups is 2. The molecule has 1 saturated heterocycles. The van der Waals surface area contributed by atoms with Crippen LogP contribution in [-0.2, 0) is 16.1 Å². The Hall–Kier alpha value is -3.16. The molecule has 3 heterocycles. The molecule has 0 bridgehead atoms. The maximum Gasteiger partial charge on any atom is 0.266 e. The molecule has 1 N–H and O–H groups in total. The third-order valence-electron chi connectivity index (χ3n) is 4.12. The smallest absolute Gasteiger partial charge is 0.266 e. The quantitative estimate of drug-likeness (QED) is 0.398. The van der Waals surface area contributed by atoms with Crippen LogP contribution in [0.1, 0.15) is 11.5 Å². The van der Waals surface area contributed by atoms with Gasteiger partial charge >= 0.3 is 0 Å². The highest BCUT2D eigenvalue weighted by Crippen LogP contribution is 2.25. The van der Waals surface area contributed by atoms with Crippen LogP contribution in [0.2, 0.25) is 5.02 Å². The Morgan fingerprint density at radius 1 is 1.11 bits per heavy atom. The average Bonchev–Trinajstić information content (AvgIpc) is 3.35. The highest BCUT2D eigenvalue weighted by molar-refractivity contribution is 7.80. The summed E-state index contributed by atoms with van der Waals surface area (Å²) in [7, 11) is 0. The zero-order valence-electron chi connectivity index (χ0n) is 14.3. The van der Waals surface area contributed by atoms with Gasteiger partial charge in [-0.25, -0.2) is 0 Å². The van der Waals surface area contributed by atoms with E-state index < -0.39 is 11.8 Å². The summed E-state index contributed by atoms with van der Waals surface area (Å²) in [6.07, 6.45) is 2.90. The molecule has 6 nitrogen and oxygen atoms in total. The van der Waals surface area contributed by atoms with Gasteiger partial charge in [-0.1, -0.05) is 11.6 Å². The van der Waals surface area contributed by atoms with Gasteiger partial charge in [-0.15, -0.1) is 0 Å². The number of carbonyl (C=O) groups excluding carboxylic acids is 2. The second-order valence-electron chi connectivity index (χ2n) is 6.00. The molecular formula is C20H13ClN2O4S. The van der Waals surface area contributed by atoms with Crippen LogP contribution in [0, 0.1) is 0 Å². The molecule has 2 amide bonds. The predicted octanol–water partition coefficient (Wildman–Crippen LogP) is 4.02. The molecule has 8 heteroatoms. The monoisotopic (exact) mass is 412 g/mol. The molecule has 1 aliphatic rings. The number of thiocarbonyl (C=S) groups is 1. The van der Waals surface area contributed by atoms with Crippen LogP contribution in [0.15, 0.2) is 69.2 Å². The lowest BCUT2D eigenvalue weighted by Crippen LogP contribution is -2.53. The first-order chi connectivity index (χ1) is 13.5. The van der Waals surface area contributed by atoms with Crippen LogP contribution in [0.25, 0.3) is 17.4 Å². The number of benzene rings is 1. The first kappa shape index (κ1) is 18.2. The van der Waals surface area contributed by atoms with E-state index >= 15 is 0 Å². The summed E-state index contributed by atoms with van der Waals surface area (Å²) >= 11 is 11.0. The fourth-order valence-corrected chi connectivity index (χ4v) is 3.10. The van der Waals surface area contributed by atoms with Crippen molar-refractivity contribution in [3.8, 4) is 11.3 Å². The summed E-state index contributed by atoms with van der Waals surface area (Å²) in [5.41, 5.74) is 0.756. The topological polar surface area (TPSA) is 75.7 Å². The van der Waals surface area contributed by atoms with Gasteiger partial charge in [0.05, 0.1) is 12.8 Å². The lowest BCUT2D eigenvalue weighted by Gasteiger charge is -2.27. The largest absolute Gasteiger partial charge is 0.467 e. The first-order valence-corrected chi connectivity index (χ1v) is 9.07. The van der Waals surface area contributed by atoms with Crippen molar-refractivity contribution >= 4 is 46.8 Å². The number of hydrogen-bond acceptors (Lipinski definition) is 5. The Morgan fingerprint density at radius 3 is 2.61 bits per heavy atom. The van der Waals surface area contributed by atoms with Gasteiger partial charge in [0.25, 0.3) is 11.8 Å². The fourth-order valence-electron chi connectivity index (χ4n) is 2.74. The summed E-state index contributed by atoms with van der Waals surface area (Å²) in [4.78, 5) is 26.4. The van der Waals surface area contributed by atoms with E-state index in [9.17, 15) is 9.59 Å². The van der Waals surface area contributed by atoms with E-state index in [1.807, 2.05) is 12.1 Å². The third kappa shape index (κ3) is 3.62. The van der Waals surface area contributed by atoms with Gasteiger partial charge in [-0.3, -0.25) is 19.8 Å². The Labute approximate surface area is 170 Å². The number of amides is 2. The average molecular weight is 413 g/mol. The minimum absolute atomic E-state index is 0.0323. The van der Waals surface area contributed by atoms with Crippen molar-refractivity contribution in [3.63, 3.8) is 0 Å². The predicted molar refractivity (Wildman–Crippen MR) is 107 cm³/mol.